The quantitative estimate of drug-likeness (QED) is 0.619. The van der Waals surface area contributed by atoms with Crippen LogP contribution in [0.5, 0.6) is 0 Å². The lowest BCUT2D eigenvalue weighted by Gasteiger charge is -1.93. The first kappa shape index (κ1) is 7.17. The SMILES string of the molecule is CC=Cc1cccc2cocc12. The Bertz CT molecular complexity index is 410. The molecule has 2 rings (SSSR count). The topological polar surface area (TPSA) is 13.1 Å². The van der Waals surface area contributed by atoms with Crippen molar-refractivity contribution in [1.29, 1.82) is 0 Å². The second kappa shape index (κ2) is 2.86. The summed E-state index contributed by atoms with van der Waals surface area (Å²) in [6, 6.07) is 6.16. The van der Waals surface area contributed by atoms with Gasteiger partial charge in [0.05, 0.1) is 12.5 Å². The highest BCUT2D eigenvalue weighted by Gasteiger charge is 1.97. The van der Waals surface area contributed by atoms with E-state index in [4.69, 9.17) is 4.42 Å². The maximum Gasteiger partial charge on any atom is 0.0987 e. The lowest BCUT2D eigenvalue weighted by atomic mass is 10.1. The number of rotatable bonds is 1. The van der Waals surface area contributed by atoms with Gasteiger partial charge in [0.2, 0.25) is 0 Å². The molecule has 0 aliphatic carbocycles. The van der Waals surface area contributed by atoms with Crippen molar-refractivity contribution in [2.24, 2.45) is 0 Å². The first-order valence-electron chi connectivity index (χ1n) is 3.99. The van der Waals surface area contributed by atoms with Gasteiger partial charge in [0.1, 0.15) is 0 Å². The molecule has 0 amide bonds. The Balaban J connectivity index is 2.73. The molecule has 1 nitrogen and oxygen atoms in total. The van der Waals surface area contributed by atoms with Crippen LogP contribution in [0.3, 0.4) is 0 Å². The third-order valence-electron chi connectivity index (χ3n) is 1.90. The highest BCUT2D eigenvalue weighted by atomic mass is 16.3. The van der Waals surface area contributed by atoms with Crippen LogP contribution in [0.4, 0.5) is 0 Å². The summed E-state index contributed by atoms with van der Waals surface area (Å²) in [5, 5.41) is 2.33. The number of hydrogen-bond donors (Lipinski definition) is 0. The average Bonchev–Trinajstić information content (AvgIpc) is 2.53. The summed E-state index contributed by atoms with van der Waals surface area (Å²) < 4.78 is 5.12. The molecule has 0 N–H and O–H groups in total. The van der Waals surface area contributed by atoms with Gasteiger partial charge < -0.3 is 4.42 Å². The molecule has 0 saturated carbocycles. The van der Waals surface area contributed by atoms with E-state index in [1.807, 2.05) is 25.1 Å². The number of furan rings is 1. The van der Waals surface area contributed by atoms with Gasteiger partial charge in [0.25, 0.3) is 0 Å². The fraction of sp³-hybridized carbons (Fsp3) is 0.0909. The van der Waals surface area contributed by atoms with Crippen molar-refractivity contribution in [3.8, 4) is 0 Å². The fourth-order valence-electron chi connectivity index (χ4n) is 1.34. The first-order valence-corrected chi connectivity index (χ1v) is 3.99. The van der Waals surface area contributed by atoms with E-state index in [0.29, 0.717) is 0 Å². The van der Waals surface area contributed by atoms with E-state index < -0.39 is 0 Å². The van der Waals surface area contributed by atoms with Crippen LogP contribution >= 0.6 is 0 Å². The summed E-state index contributed by atoms with van der Waals surface area (Å²) in [6.07, 6.45) is 7.66. The molecule has 0 bridgehead atoms. The number of allylic oxidation sites excluding steroid dienone is 1. The zero-order valence-electron chi connectivity index (χ0n) is 6.95. The molecule has 1 heterocycles. The molecule has 0 aliphatic heterocycles. The van der Waals surface area contributed by atoms with Crippen molar-refractivity contribution in [2.75, 3.05) is 0 Å². The van der Waals surface area contributed by atoms with Gasteiger partial charge in [-0.2, -0.15) is 0 Å². The van der Waals surface area contributed by atoms with E-state index in [9.17, 15) is 0 Å². The average molecular weight is 158 g/mol. The maximum atomic E-state index is 5.12. The molecule has 0 spiro atoms. The zero-order valence-corrected chi connectivity index (χ0v) is 6.95. The molecule has 1 aromatic heterocycles. The van der Waals surface area contributed by atoms with E-state index in [-0.39, 0.29) is 0 Å². The smallest absolute Gasteiger partial charge is 0.0987 e. The molecule has 12 heavy (non-hydrogen) atoms. The lowest BCUT2D eigenvalue weighted by molar-refractivity contribution is 0.572. The summed E-state index contributed by atoms with van der Waals surface area (Å²) in [5.41, 5.74) is 1.21. The van der Waals surface area contributed by atoms with Crippen LogP contribution in [-0.4, -0.2) is 0 Å². The molecule has 0 radical (unpaired) electrons. The molecular weight excluding hydrogens is 148 g/mol. The largest absolute Gasteiger partial charge is 0.471 e. The molecule has 0 atom stereocenters. The second-order valence-corrected chi connectivity index (χ2v) is 2.72. The standard InChI is InChI=1S/C11H10O/c1-2-4-9-5-3-6-10-7-12-8-11(9)10/h2-8H,1H3. The highest BCUT2D eigenvalue weighted by Crippen LogP contribution is 2.20. The fourth-order valence-corrected chi connectivity index (χ4v) is 1.34. The van der Waals surface area contributed by atoms with Crippen LogP contribution in [0.15, 0.2) is 41.2 Å². The Morgan fingerprint density at radius 3 is 3.00 bits per heavy atom. The molecular formula is C11H10O. The van der Waals surface area contributed by atoms with E-state index in [1.165, 1.54) is 10.9 Å². The Hall–Kier alpha value is -1.50. The Kier molecular flexibility index (Phi) is 1.71. The Morgan fingerprint density at radius 1 is 1.25 bits per heavy atom. The minimum atomic E-state index is 1.16. The number of fused-ring (bicyclic) bond motifs is 1. The zero-order chi connectivity index (χ0) is 8.39. The van der Waals surface area contributed by atoms with Gasteiger partial charge in [-0.25, -0.2) is 0 Å². The molecule has 0 unspecified atom stereocenters. The van der Waals surface area contributed by atoms with Crippen LogP contribution in [0.1, 0.15) is 12.5 Å². The maximum absolute atomic E-state index is 5.12. The summed E-state index contributed by atoms with van der Waals surface area (Å²) in [6.45, 7) is 2.01. The number of hydrogen-bond acceptors (Lipinski definition) is 1. The second-order valence-electron chi connectivity index (χ2n) is 2.72. The van der Waals surface area contributed by atoms with Crippen molar-refractivity contribution in [1.82, 2.24) is 0 Å². The van der Waals surface area contributed by atoms with Crippen LogP contribution in [-0.2, 0) is 0 Å². The van der Waals surface area contributed by atoms with Crippen molar-refractivity contribution >= 4 is 16.8 Å². The number of benzene rings is 1. The predicted octanol–water partition coefficient (Wildman–Crippen LogP) is 3.47. The van der Waals surface area contributed by atoms with Gasteiger partial charge in [-0.3, -0.25) is 0 Å². The summed E-state index contributed by atoms with van der Waals surface area (Å²) >= 11 is 0. The van der Waals surface area contributed by atoms with Crippen LogP contribution in [0.2, 0.25) is 0 Å². The van der Waals surface area contributed by atoms with Gasteiger partial charge in [-0.1, -0.05) is 30.4 Å². The van der Waals surface area contributed by atoms with Crippen molar-refractivity contribution in [3.05, 3.63) is 42.4 Å². The van der Waals surface area contributed by atoms with Crippen molar-refractivity contribution in [2.45, 2.75) is 6.92 Å². The normalized spacial score (nSPS) is 11.4. The van der Waals surface area contributed by atoms with Crippen LogP contribution in [0, 0.1) is 0 Å². The third kappa shape index (κ3) is 1.03. The Morgan fingerprint density at radius 2 is 2.17 bits per heavy atom. The van der Waals surface area contributed by atoms with Gasteiger partial charge in [-0.15, -0.1) is 0 Å². The van der Waals surface area contributed by atoms with Gasteiger partial charge in [0, 0.05) is 10.8 Å². The van der Waals surface area contributed by atoms with Gasteiger partial charge in [0.15, 0.2) is 0 Å². The molecule has 60 valence electrons. The van der Waals surface area contributed by atoms with Crippen LogP contribution < -0.4 is 0 Å². The molecule has 1 aromatic carbocycles. The molecule has 1 heteroatoms. The first-order chi connectivity index (χ1) is 5.92. The minimum absolute atomic E-state index is 1.16. The van der Waals surface area contributed by atoms with Gasteiger partial charge in [-0.05, 0) is 12.5 Å². The molecule has 2 aromatic rings. The van der Waals surface area contributed by atoms with E-state index in [0.717, 1.165) is 5.39 Å². The van der Waals surface area contributed by atoms with Crippen molar-refractivity contribution in [3.63, 3.8) is 0 Å². The van der Waals surface area contributed by atoms with E-state index in [2.05, 4.69) is 12.1 Å². The highest BCUT2D eigenvalue weighted by molar-refractivity contribution is 5.89. The van der Waals surface area contributed by atoms with Crippen molar-refractivity contribution < 1.29 is 4.42 Å². The summed E-state index contributed by atoms with van der Waals surface area (Å²) in [5.74, 6) is 0. The lowest BCUT2D eigenvalue weighted by Crippen LogP contribution is -1.71. The minimum Gasteiger partial charge on any atom is -0.471 e. The van der Waals surface area contributed by atoms with E-state index >= 15 is 0 Å². The third-order valence-corrected chi connectivity index (χ3v) is 1.90. The van der Waals surface area contributed by atoms with Gasteiger partial charge >= 0.3 is 0 Å². The van der Waals surface area contributed by atoms with Crippen LogP contribution in [0.25, 0.3) is 16.8 Å². The van der Waals surface area contributed by atoms with E-state index in [1.54, 1.807) is 12.5 Å². The summed E-state index contributed by atoms with van der Waals surface area (Å²) in [4.78, 5) is 0. The summed E-state index contributed by atoms with van der Waals surface area (Å²) in [7, 11) is 0. The Labute approximate surface area is 71.3 Å². The molecule has 0 saturated heterocycles. The molecule has 0 aliphatic rings. The monoisotopic (exact) mass is 158 g/mol. The predicted molar refractivity (Wildman–Crippen MR) is 50.9 cm³/mol. The molecule has 0 fully saturated rings.